The highest BCUT2D eigenvalue weighted by molar-refractivity contribution is 6.05. The van der Waals surface area contributed by atoms with Crippen LogP contribution in [0.5, 0.6) is 0 Å². The smallest absolute Gasteiger partial charge is 0.251 e. The number of carbonyl (C=O) groups is 2. The highest BCUT2D eigenvalue weighted by atomic mass is 16.2. The molecule has 6 nitrogen and oxygen atoms in total. The molecule has 1 aromatic carbocycles. The number of likely N-dealkylation sites (tertiary alicyclic amines) is 1. The van der Waals surface area contributed by atoms with Crippen LogP contribution in [-0.2, 0) is 4.79 Å². The van der Waals surface area contributed by atoms with Crippen LogP contribution >= 0.6 is 0 Å². The van der Waals surface area contributed by atoms with Gasteiger partial charge >= 0.3 is 0 Å². The summed E-state index contributed by atoms with van der Waals surface area (Å²) in [4.78, 5) is 27.2. The SMILES string of the molecule is CC(C)C[C@H]1Nc2ccc(C(=O)NCCN3CCCCCC3)cc2NC1=O. The lowest BCUT2D eigenvalue weighted by molar-refractivity contribution is -0.117. The number of amides is 2. The third-order valence-electron chi connectivity index (χ3n) is 5.31. The first kappa shape index (κ1) is 19.7. The minimum Gasteiger partial charge on any atom is -0.372 e. The van der Waals surface area contributed by atoms with Gasteiger partial charge in [0.2, 0.25) is 5.91 Å². The van der Waals surface area contributed by atoms with E-state index >= 15 is 0 Å². The van der Waals surface area contributed by atoms with Crippen molar-refractivity contribution in [3.63, 3.8) is 0 Å². The van der Waals surface area contributed by atoms with Crippen molar-refractivity contribution in [2.75, 3.05) is 36.8 Å². The molecule has 3 N–H and O–H groups in total. The molecule has 1 atom stereocenters. The van der Waals surface area contributed by atoms with Crippen molar-refractivity contribution in [1.29, 1.82) is 0 Å². The summed E-state index contributed by atoms with van der Waals surface area (Å²) >= 11 is 0. The fourth-order valence-corrected chi connectivity index (χ4v) is 3.81. The minimum absolute atomic E-state index is 0.0325. The second-order valence-electron chi connectivity index (χ2n) is 8.09. The molecule has 1 aromatic rings. The van der Waals surface area contributed by atoms with Crippen molar-refractivity contribution in [2.24, 2.45) is 5.92 Å². The summed E-state index contributed by atoms with van der Waals surface area (Å²) in [5.74, 6) is 0.310. The molecule has 2 amide bonds. The summed E-state index contributed by atoms with van der Waals surface area (Å²) < 4.78 is 0. The van der Waals surface area contributed by atoms with E-state index in [1.807, 2.05) is 12.1 Å². The van der Waals surface area contributed by atoms with Gasteiger partial charge in [-0.25, -0.2) is 0 Å². The maximum absolute atomic E-state index is 12.5. The number of fused-ring (bicyclic) bond motifs is 1. The van der Waals surface area contributed by atoms with E-state index in [1.165, 1.54) is 25.7 Å². The molecule has 3 rings (SSSR count). The van der Waals surface area contributed by atoms with Gasteiger partial charge in [0.05, 0.1) is 11.4 Å². The zero-order valence-corrected chi connectivity index (χ0v) is 16.5. The van der Waals surface area contributed by atoms with E-state index in [4.69, 9.17) is 0 Å². The predicted octanol–water partition coefficient (Wildman–Crippen LogP) is 3.07. The van der Waals surface area contributed by atoms with Crippen LogP contribution in [0.3, 0.4) is 0 Å². The summed E-state index contributed by atoms with van der Waals surface area (Å²) in [6, 6.07) is 5.24. The average Bonchev–Trinajstić information content (AvgIpc) is 2.90. The second kappa shape index (κ2) is 9.22. The number of hydrogen-bond donors (Lipinski definition) is 3. The van der Waals surface area contributed by atoms with E-state index < -0.39 is 0 Å². The van der Waals surface area contributed by atoms with E-state index in [0.29, 0.717) is 23.7 Å². The molecular weight excluding hydrogens is 340 g/mol. The monoisotopic (exact) mass is 372 g/mol. The molecule has 0 aromatic heterocycles. The lowest BCUT2D eigenvalue weighted by atomic mass is 10.00. The van der Waals surface area contributed by atoms with Gasteiger partial charge in [-0.05, 0) is 56.5 Å². The Hall–Kier alpha value is -2.08. The Kier molecular flexibility index (Phi) is 6.72. The molecule has 0 bridgehead atoms. The van der Waals surface area contributed by atoms with Crippen molar-refractivity contribution in [3.05, 3.63) is 23.8 Å². The maximum Gasteiger partial charge on any atom is 0.251 e. The van der Waals surface area contributed by atoms with E-state index in [0.717, 1.165) is 31.7 Å². The van der Waals surface area contributed by atoms with Gasteiger partial charge in [-0.2, -0.15) is 0 Å². The summed E-state index contributed by atoms with van der Waals surface area (Å²) in [5, 5.41) is 9.23. The van der Waals surface area contributed by atoms with Gasteiger partial charge in [-0.15, -0.1) is 0 Å². The van der Waals surface area contributed by atoms with E-state index in [9.17, 15) is 9.59 Å². The zero-order chi connectivity index (χ0) is 19.2. The fraction of sp³-hybridized carbons (Fsp3) is 0.619. The van der Waals surface area contributed by atoms with Crippen LogP contribution < -0.4 is 16.0 Å². The third kappa shape index (κ3) is 5.45. The molecule has 1 saturated heterocycles. The molecule has 6 heteroatoms. The number of carbonyl (C=O) groups excluding carboxylic acids is 2. The molecule has 0 saturated carbocycles. The first-order valence-electron chi connectivity index (χ1n) is 10.2. The third-order valence-corrected chi connectivity index (χ3v) is 5.31. The Labute approximate surface area is 162 Å². The molecule has 2 heterocycles. The molecular formula is C21H32N4O2. The minimum atomic E-state index is -0.217. The standard InChI is InChI=1S/C21H32N4O2/c1-15(2)13-19-21(27)24-18-14-16(7-8-17(18)23-19)20(26)22-9-12-25-10-5-3-4-6-11-25/h7-8,14-15,19,23H,3-6,9-13H2,1-2H3,(H,22,26)(H,24,27)/t19-/m1/s1. The Morgan fingerprint density at radius 3 is 2.63 bits per heavy atom. The van der Waals surface area contributed by atoms with E-state index in [-0.39, 0.29) is 17.9 Å². The van der Waals surface area contributed by atoms with Gasteiger partial charge in [0.1, 0.15) is 6.04 Å². The van der Waals surface area contributed by atoms with Gasteiger partial charge in [0.15, 0.2) is 0 Å². The molecule has 0 spiro atoms. The van der Waals surface area contributed by atoms with Gasteiger partial charge < -0.3 is 20.9 Å². The maximum atomic E-state index is 12.5. The second-order valence-corrected chi connectivity index (χ2v) is 8.09. The summed E-state index contributed by atoms with van der Waals surface area (Å²) in [5.41, 5.74) is 2.13. The van der Waals surface area contributed by atoms with Crippen molar-refractivity contribution < 1.29 is 9.59 Å². The first-order chi connectivity index (χ1) is 13.0. The van der Waals surface area contributed by atoms with Gasteiger partial charge in [-0.3, -0.25) is 9.59 Å². The van der Waals surface area contributed by atoms with Crippen LogP contribution in [0.2, 0.25) is 0 Å². The normalized spacial score (nSPS) is 20.4. The van der Waals surface area contributed by atoms with Crippen LogP contribution in [0, 0.1) is 5.92 Å². The Morgan fingerprint density at radius 2 is 1.93 bits per heavy atom. The number of anilines is 2. The van der Waals surface area contributed by atoms with Crippen LogP contribution in [0.15, 0.2) is 18.2 Å². The van der Waals surface area contributed by atoms with Gasteiger partial charge in [0.25, 0.3) is 5.91 Å². The first-order valence-corrected chi connectivity index (χ1v) is 10.2. The number of nitrogens with one attached hydrogen (secondary N) is 3. The molecule has 0 aliphatic carbocycles. The van der Waals surface area contributed by atoms with Gasteiger partial charge in [-0.1, -0.05) is 26.7 Å². The van der Waals surface area contributed by atoms with Crippen molar-refractivity contribution in [3.8, 4) is 0 Å². The van der Waals surface area contributed by atoms with E-state index in [2.05, 4.69) is 34.7 Å². The van der Waals surface area contributed by atoms with E-state index in [1.54, 1.807) is 6.07 Å². The molecule has 0 radical (unpaired) electrons. The lowest BCUT2D eigenvalue weighted by Crippen LogP contribution is -2.40. The fourth-order valence-electron chi connectivity index (χ4n) is 3.81. The highest BCUT2D eigenvalue weighted by Gasteiger charge is 2.26. The van der Waals surface area contributed by atoms with Crippen LogP contribution in [0.1, 0.15) is 56.3 Å². The Morgan fingerprint density at radius 1 is 1.19 bits per heavy atom. The van der Waals surface area contributed by atoms with Crippen LogP contribution in [-0.4, -0.2) is 48.9 Å². The van der Waals surface area contributed by atoms with Crippen molar-refractivity contribution in [1.82, 2.24) is 10.2 Å². The topological polar surface area (TPSA) is 73.5 Å². The zero-order valence-electron chi connectivity index (χ0n) is 16.5. The van der Waals surface area contributed by atoms with Crippen molar-refractivity contribution in [2.45, 2.75) is 52.0 Å². The molecule has 148 valence electrons. The Balaban J connectivity index is 1.54. The number of nitrogens with zero attached hydrogens (tertiary/aromatic N) is 1. The Bertz CT molecular complexity index is 666. The predicted molar refractivity (Wildman–Crippen MR) is 109 cm³/mol. The van der Waals surface area contributed by atoms with Crippen LogP contribution in [0.4, 0.5) is 11.4 Å². The molecule has 27 heavy (non-hydrogen) atoms. The van der Waals surface area contributed by atoms with Crippen LogP contribution in [0.25, 0.3) is 0 Å². The largest absolute Gasteiger partial charge is 0.372 e. The van der Waals surface area contributed by atoms with Gasteiger partial charge in [0, 0.05) is 18.7 Å². The summed E-state index contributed by atoms with van der Waals surface area (Å²) in [6.07, 6.45) is 5.92. The highest BCUT2D eigenvalue weighted by Crippen LogP contribution is 2.29. The number of rotatable bonds is 6. The molecule has 1 fully saturated rings. The number of hydrogen-bond acceptors (Lipinski definition) is 4. The average molecular weight is 373 g/mol. The molecule has 2 aliphatic rings. The summed E-state index contributed by atoms with van der Waals surface area (Å²) in [7, 11) is 0. The lowest BCUT2D eigenvalue weighted by Gasteiger charge is -2.28. The molecule has 0 unspecified atom stereocenters. The number of benzene rings is 1. The quantitative estimate of drug-likeness (QED) is 0.717. The summed E-state index contributed by atoms with van der Waals surface area (Å²) in [6.45, 7) is 8.00. The van der Waals surface area contributed by atoms with Crippen molar-refractivity contribution >= 4 is 23.2 Å². The molecule has 2 aliphatic heterocycles.